The van der Waals surface area contributed by atoms with Gasteiger partial charge in [0.05, 0.1) is 26.2 Å². The van der Waals surface area contributed by atoms with Crippen LogP contribution in [0, 0.1) is 29.1 Å². The molecule has 27 heavy (non-hydrogen) atoms. The lowest BCUT2D eigenvalue weighted by molar-refractivity contribution is -0.136. The molecule has 0 heterocycles. The number of hydrogen-bond acceptors (Lipinski definition) is 4. The summed E-state index contributed by atoms with van der Waals surface area (Å²) in [5.41, 5.74) is 0. The van der Waals surface area contributed by atoms with Gasteiger partial charge in [0.1, 0.15) is 0 Å². The van der Waals surface area contributed by atoms with Gasteiger partial charge in [0.2, 0.25) is 34.8 Å². The molecule has 0 saturated heterocycles. The second kappa shape index (κ2) is 9.11. The Balaban J connectivity index is 2.46. The van der Waals surface area contributed by atoms with Gasteiger partial charge in [0.15, 0.2) is 8.32 Å². The van der Waals surface area contributed by atoms with E-state index in [1.54, 1.807) is 0 Å². The van der Waals surface area contributed by atoms with E-state index in [-0.39, 0.29) is 18.3 Å². The van der Waals surface area contributed by atoms with Crippen LogP contribution in [0.5, 0.6) is 5.75 Å². The maximum Gasteiger partial charge on any atom is 0.313 e. The summed E-state index contributed by atoms with van der Waals surface area (Å²) in [5, 5.41) is 0.0324. The quantitative estimate of drug-likeness (QED) is 0.118. The molecule has 0 fully saturated rings. The number of hydrogen-bond donors (Lipinski definition) is 0. The largest absolute Gasteiger partial charge is 0.420 e. The Morgan fingerprint density at radius 3 is 1.81 bits per heavy atom. The highest BCUT2D eigenvalue weighted by Crippen LogP contribution is 2.36. The van der Waals surface area contributed by atoms with Crippen LogP contribution >= 0.6 is 0 Å². The molecule has 0 spiro atoms. The van der Waals surface area contributed by atoms with Crippen LogP contribution < -0.4 is 4.74 Å². The molecule has 0 atom stereocenters. The second-order valence-electron chi connectivity index (χ2n) is 7.34. The van der Waals surface area contributed by atoms with Crippen molar-refractivity contribution in [1.29, 1.82) is 0 Å². The van der Waals surface area contributed by atoms with E-state index in [9.17, 15) is 26.7 Å². The van der Waals surface area contributed by atoms with Crippen molar-refractivity contribution in [3.8, 4) is 5.75 Å². The number of rotatable bonds is 8. The zero-order valence-electron chi connectivity index (χ0n) is 15.9. The van der Waals surface area contributed by atoms with Gasteiger partial charge in [0, 0.05) is 0 Å². The highest BCUT2D eigenvalue weighted by atomic mass is 28.4. The van der Waals surface area contributed by atoms with Crippen LogP contribution in [0.1, 0.15) is 27.2 Å². The van der Waals surface area contributed by atoms with E-state index in [4.69, 9.17) is 9.16 Å². The molecule has 154 valence electrons. The van der Waals surface area contributed by atoms with Crippen LogP contribution in [0.15, 0.2) is 0 Å². The monoisotopic (exact) mass is 414 g/mol. The highest BCUT2D eigenvalue weighted by molar-refractivity contribution is 6.74. The summed E-state index contributed by atoms with van der Waals surface area (Å²) in [6.45, 7) is 10.7. The van der Waals surface area contributed by atoms with E-state index in [1.807, 2.05) is 0 Å². The molecule has 0 saturated carbocycles. The van der Waals surface area contributed by atoms with Crippen LogP contribution in [0.4, 0.5) is 22.0 Å². The van der Waals surface area contributed by atoms with Crippen molar-refractivity contribution in [2.75, 3.05) is 19.8 Å². The summed E-state index contributed by atoms with van der Waals surface area (Å²) in [5.74, 6) is -13.9. The SMILES string of the molecule is CC(C)(C)[Si](C)(C)OCCOCCC(=O)Oc1c(F)c(F)c(F)c(F)c1F. The zero-order chi connectivity index (χ0) is 21.0. The molecule has 0 aliphatic heterocycles. The maximum absolute atomic E-state index is 13.4. The predicted octanol–water partition coefficient (Wildman–Crippen LogP) is 4.72. The zero-order valence-corrected chi connectivity index (χ0v) is 16.9. The Hall–Kier alpha value is -1.52. The van der Waals surface area contributed by atoms with Crippen molar-refractivity contribution in [2.45, 2.75) is 45.3 Å². The summed E-state index contributed by atoms with van der Waals surface area (Å²) in [7, 11) is -1.92. The molecule has 0 radical (unpaired) electrons. The number of halogens is 5. The highest BCUT2D eigenvalue weighted by Gasteiger charge is 2.36. The number of esters is 1. The topological polar surface area (TPSA) is 44.8 Å². The first-order chi connectivity index (χ1) is 12.3. The fourth-order valence-corrected chi connectivity index (χ4v) is 2.70. The van der Waals surface area contributed by atoms with Crippen molar-refractivity contribution in [1.82, 2.24) is 0 Å². The molecule has 0 aromatic heterocycles. The first kappa shape index (κ1) is 23.5. The number of ether oxygens (including phenoxy) is 2. The Labute approximate surface area is 155 Å². The Bertz CT molecular complexity index is 660. The third-order valence-corrected chi connectivity index (χ3v) is 8.87. The van der Waals surface area contributed by atoms with Gasteiger partial charge in [-0.05, 0) is 18.1 Å². The molecular formula is C17H23F5O4Si. The number of carbonyl (C=O) groups is 1. The average molecular weight is 414 g/mol. The lowest BCUT2D eigenvalue weighted by Gasteiger charge is -2.36. The van der Waals surface area contributed by atoms with Crippen molar-refractivity contribution >= 4 is 14.3 Å². The van der Waals surface area contributed by atoms with Gasteiger partial charge in [-0.25, -0.2) is 13.2 Å². The third kappa shape index (κ3) is 5.98. The van der Waals surface area contributed by atoms with Gasteiger partial charge in [0.25, 0.3) is 0 Å². The van der Waals surface area contributed by atoms with Gasteiger partial charge < -0.3 is 13.9 Å². The van der Waals surface area contributed by atoms with Gasteiger partial charge in [-0.3, -0.25) is 4.79 Å². The average Bonchev–Trinajstić information content (AvgIpc) is 2.57. The molecule has 10 heteroatoms. The summed E-state index contributed by atoms with van der Waals surface area (Å²) < 4.78 is 81.1. The molecule has 0 aliphatic carbocycles. The van der Waals surface area contributed by atoms with Crippen LogP contribution in [-0.2, 0) is 14.0 Å². The van der Waals surface area contributed by atoms with Crippen molar-refractivity contribution in [2.24, 2.45) is 0 Å². The predicted molar refractivity (Wildman–Crippen MR) is 90.5 cm³/mol. The van der Waals surface area contributed by atoms with Crippen LogP contribution in [-0.4, -0.2) is 34.1 Å². The van der Waals surface area contributed by atoms with E-state index in [1.165, 1.54) is 0 Å². The van der Waals surface area contributed by atoms with Crippen molar-refractivity contribution in [3.05, 3.63) is 29.1 Å². The summed E-state index contributed by atoms with van der Waals surface area (Å²) in [4.78, 5) is 11.5. The summed E-state index contributed by atoms with van der Waals surface area (Å²) in [6.07, 6.45) is -0.431. The smallest absolute Gasteiger partial charge is 0.313 e. The minimum Gasteiger partial charge on any atom is -0.420 e. The van der Waals surface area contributed by atoms with E-state index in [0.717, 1.165) is 0 Å². The Kier molecular flexibility index (Phi) is 7.94. The number of carbonyl (C=O) groups excluding carboxylic acids is 1. The Morgan fingerprint density at radius 1 is 0.852 bits per heavy atom. The van der Waals surface area contributed by atoms with Gasteiger partial charge >= 0.3 is 5.97 Å². The van der Waals surface area contributed by atoms with Gasteiger partial charge in [-0.1, -0.05) is 20.8 Å². The normalized spacial score (nSPS) is 12.4. The second-order valence-corrected chi connectivity index (χ2v) is 12.2. The van der Waals surface area contributed by atoms with Crippen molar-refractivity contribution < 1.29 is 40.6 Å². The lowest BCUT2D eigenvalue weighted by Crippen LogP contribution is -2.41. The van der Waals surface area contributed by atoms with Gasteiger partial charge in [-0.2, -0.15) is 8.78 Å². The molecule has 4 nitrogen and oxygen atoms in total. The molecule has 0 N–H and O–H groups in total. The van der Waals surface area contributed by atoms with E-state index in [0.29, 0.717) is 6.61 Å². The standard InChI is InChI=1S/C17H23F5O4Si/c1-17(2,3)27(4,5)25-9-8-24-7-6-10(23)26-16-14(21)12(19)11(18)13(20)15(16)22/h6-9H2,1-5H3. The molecule has 1 aromatic rings. The third-order valence-electron chi connectivity index (χ3n) is 4.33. The first-order valence-electron chi connectivity index (χ1n) is 8.23. The molecule has 0 unspecified atom stereocenters. The maximum atomic E-state index is 13.4. The molecule has 0 aliphatic rings. The Morgan fingerprint density at radius 2 is 1.33 bits per heavy atom. The minimum atomic E-state index is -2.32. The molecular weight excluding hydrogens is 391 g/mol. The summed E-state index contributed by atoms with van der Waals surface area (Å²) in [6, 6.07) is 0. The molecule has 1 rings (SSSR count). The first-order valence-corrected chi connectivity index (χ1v) is 11.1. The van der Waals surface area contributed by atoms with E-state index in [2.05, 4.69) is 38.6 Å². The minimum absolute atomic E-state index is 0.0324. The fraction of sp³-hybridized carbons (Fsp3) is 0.588. The van der Waals surface area contributed by atoms with Crippen LogP contribution in [0.3, 0.4) is 0 Å². The van der Waals surface area contributed by atoms with E-state index >= 15 is 0 Å². The molecule has 0 amide bonds. The van der Waals surface area contributed by atoms with Crippen LogP contribution in [0.2, 0.25) is 18.1 Å². The summed E-state index contributed by atoms with van der Waals surface area (Å²) >= 11 is 0. The van der Waals surface area contributed by atoms with Gasteiger partial charge in [-0.15, -0.1) is 0 Å². The molecule has 0 bridgehead atoms. The fourth-order valence-electron chi connectivity index (χ4n) is 1.67. The molecule has 1 aromatic carbocycles. The lowest BCUT2D eigenvalue weighted by atomic mass is 10.2. The van der Waals surface area contributed by atoms with Crippen molar-refractivity contribution in [3.63, 3.8) is 0 Å². The van der Waals surface area contributed by atoms with Crippen LogP contribution in [0.25, 0.3) is 0 Å². The number of benzene rings is 1. The van der Waals surface area contributed by atoms with E-state index < -0.39 is 55.5 Å².